The van der Waals surface area contributed by atoms with Crippen molar-refractivity contribution in [2.45, 2.75) is 12.8 Å². The van der Waals surface area contributed by atoms with Gasteiger partial charge < -0.3 is 24.9 Å². The number of nitrogens with one attached hydrogen (secondary N) is 1. The molecule has 0 radical (unpaired) electrons. The molecule has 1 saturated heterocycles. The number of rotatable bonds is 5. The number of amides is 2. The van der Waals surface area contributed by atoms with Crippen molar-refractivity contribution in [1.82, 2.24) is 15.4 Å². The summed E-state index contributed by atoms with van der Waals surface area (Å²) in [5, 5.41) is 6.60. The average Bonchev–Trinajstić information content (AvgIpc) is 3.30. The molecule has 128 valence electrons. The maximum absolute atomic E-state index is 12.6. The summed E-state index contributed by atoms with van der Waals surface area (Å²) < 4.78 is 10.4. The average molecular weight is 332 g/mol. The Morgan fingerprint density at radius 2 is 2.29 bits per heavy atom. The first kappa shape index (κ1) is 16.3. The van der Waals surface area contributed by atoms with Gasteiger partial charge in [0.1, 0.15) is 0 Å². The van der Waals surface area contributed by atoms with E-state index in [1.54, 1.807) is 23.1 Å². The van der Waals surface area contributed by atoms with Crippen LogP contribution in [0, 0.1) is 5.92 Å². The zero-order valence-corrected chi connectivity index (χ0v) is 13.2. The number of aromatic nitrogens is 1. The summed E-state index contributed by atoms with van der Waals surface area (Å²) in [6, 6.07) is 5.02. The molecule has 1 atom stereocenters. The normalized spacial score (nSPS) is 17.7. The Labute approximate surface area is 138 Å². The van der Waals surface area contributed by atoms with Crippen molar-refractivity contribution in [1.29, 1.82) is 0 Å². The van der Waals surface area contributed by atoms with Gasteiger partial charge in [0, 0.05) is 32.2 Å². The predicted molar refractivity (Wildman–Crippen MR) is 84.9 cm³/mol. The van der Waals surface area contributed by atoms with Crippen molar-refractivity contribution in [2.75, 3.05) is 26.2 Å². The topological polar surface area (TPSA) is 115 Å². The van der Waals surface area contributed by atoms with Crippen LogP contribution in [0.4, 0.5) is 0 Å². The molecule has 3 heterocycles. The van der Waals surface area contributed by atoms with E-state index in [0.29, 0.717) is 37.7 Å². The molecule has 3 N–H and O–H groups in total. The molecule has 2 amide bonds. The van der Waals surface area contributed by atoms with Gasteiger partial charge in [-0.05, 0) is 25.0 Å². The van der Waals surface area contributed by atoms with Crippen molar-refractivity contribution in [3.8, 4) is 11.5 Å². The van der Waals surface area contributed by atoms with Gasteiger partial charge in [0.05, 0.1) is 12.2 Å². The van der Waals surface area contributed by atoms with Crippen LogP contribution in [0.25, 0.3) is 11.5 Å². The smallest absolute Gasteiger partial charge is 0.276 e. The van der Waals surface area contributed by atoms with E-state index >= 15 is 0 Å². The standard InChI is InChI=1S/C16H20N4O4/c17-5-6-18-15(21)11-3-1-7-20(10-11)16(22)12-9-14(24-19-12)13-4-2-8-23-13/h2,4,8-9,11H,1,3,5-7,10,17H2,(H,18,21). The third-order valence-electron chi connectivity index (χ3n) is 4.02. The Bertz CT molecular complexity index is 695. The molecule has 8 heteroatoms. The number of carbonyl (C=O) groups is 2. The SMILES string of the molecule is NCCNC(=O)C1CCCN(C(=O)c2cc(-c3ccco3)on2)C1. The van der Waals surface area contributed by atoms with E-state index < -0.39 is 0 Å². The fourth-order valence-electron chi connectivity index (χ4n) is 2.79. The van der Waals surface area contributed by atoms with E-state index in [2.05, 4.69) is 10.5 Å². The minimum atomic E-state index is -0.243. The highest BCUT2D eigenvalue weighted by Gasteiger charge is 2.30. The maximum Gasteiger partial charge on any atom is 0.276 e. The van der Waals surface area contributed by atoms with E-state index in [1.165, 1.54) is 6.26 Å². The summed E-state index contributed by atoms with van der Waals surface area (Å²) in [4.78, 5) is 26.3. The molecule has 8 nitrogen and oxygen atoms in total. The maximum atomic E-state index is 12.6. The van der Waals surface area contributed by atoms with Crippen LogP contribution in [-0.4, -0.2) is 48.0 Å². The Balaban J connectivity index is 1.65. The van der Waals surface area contributed by atoms with Crippen molar-refractivity contribution >= 4 is 11.8 Å². The van der Waals surface area contributed by atoms with Crippen LogP contribution in [0.1, 0.15) is 23.3 Å². The predicted octanol–water partition coefficient (Wildman–Crippen LogP) is 0.862. The molecule has 0 aliphatic carbocycles. The first-order valence-electron chi connectivity index (χ1n) is 7.96. The summed E-state index contributed by atoms with van der Waals surface area (Å²) >= 11 is 0. The zero-order chi connectivity index (χ0) is 16.9. The summed E-state index contributed by atoms with van der Waals surface area (Å²) in [6.07, 6.45) is 3.06. The lowest BCUT2D eigenvalue weighted by Crippen LogP contribution is -2.46. The summed E-state index contributed by atoms with van der Waals surface area (Å²) in [5.74, 6) is 0.393. The lowest BCUT2D eigenvalue weighted by molar-refractivity contribution is -0.126. The molecule has 1 unspecified atom stereocenters. The third-order valence-corrected chi connectivity index (χ3v) is 4.02. The molecule has 0 bridgehead atoms. The van der Waals surface area contributed by atoms with Crippen LogP contribution in [0.5, 0.6) is 0 Å². The molecule has 2 aromatic rings. The Morgan fingerprint density at radius 3 is 3.04 bits per heavy atom. The molecule has 0 spiro atoms. The number of nitrogens with zero attached hydrogens (tertiary/aromatic N) is 2. The minimum Gasteiger partial charge on any atom is -0.461 e. The third kappa shape index (κ3) is 3.48. The largest absolute Gasteiger partial charge is 0.461 e. The number of likely N-dealkylation sites (tertiary alicyclic amines) is 1. The van der Waals surface area contributed by atoms with Gasteiger partial charge in [0.15, 0.2) is 11.5 Å². The Hall–Kier alpha value is -2.61. The highest BCUT2D eigenvalue weighted by Crippen LogP contribution is 2.23. The Morgan fingerprint density at radius 1 is 1.42 bits per heavy atom. The molecule has 0 aromatic carbocycles. The first-order chi connectivity index (χ1) is 11.7. The molecular formula is C16H20N4O4. The van der Waals surface area contributed by atoms with Crippen molar-refractivity contribution in [3.63, 3.8) is 0 Å². The number of nitrogens with two attached hydrogens (primary N) is 1. The van der Waals surface area contributed by atoms with Gasteiger partial charge in [-0.3, -0.25) is 9.59 Å². The fourth-order valence-corrected chi connectivity index (χ4v) is 2.79. The highest BCUT2D eigenvalue weighted by atomic mass is 16.5. The van der Waals surface area contributed by atoms with Gasteiger partial charge in [-0.25, -0.2) is 0 Å². The lowest BCUT2D eigenvalue weighted by atomic mass is 9.97. The number of piperidine rings is 1. The van der Waals surface area contributed by atoms with Crippen LogP contribution < -0.4 is 11.1 Å². The van der Waals surface area contributed by atoms with E-state index in [0.717, 1.165) is 12.8 Å². The molecule has 24 heavy (non-hydrogen) atoms. The summed E-state index contributed by atoms with van der Waals surface area (Å²) in [6.45, 7) is 1.81. The van der Waals surface area contributed by atoms with Gasteiger partial charge >= 0.3 is 0 Å². The van der Waals surface area contributed by atoms with Gasteiger partial charge in [-0.2, -0.15) is 0 Å². The van der Waals surface area contributed by atoms with Crippen LogP contribution in [0.3, 0.4) is 0 Å². The van der Waals surface area contributed by atoms with E-state index in [-0.39, 0.29) is 23.4 Å². The summed E-state index contributed by atoms with van der Waals surface area (Å²) in [7, 11) is 0. The van der Waals surface area contributed by atoms with Gasteiger partial charge in [-0.15, -0.1) is 0 Å². The molecule has 1 aliphatic heterocycles. The number of carbonyl (C=O) groups excluding carboxylic acids is 2. The number of furan rings is 1. The molecule has 0 saturated carbocycles. The second kappa shape index (κ2) is 7.31. The lowest BCUT2D eigenvalue weighted by Gasteiger charge is -2.31. The first-order valence-corrected chi connectivity index (χ1v) is 7.96. The van der Waals surface area contributed by atoms with E-state index in [9.17, 15) is 9.59 Å². The molecule has 3 rings (SSSR count). The Kier molecular flexibility index (Phi) is 4.95. The van der Waals surface area contributed by atoms with Crippen molar-refractivity contribution < 1.29 is 18.5 Å². The fraction of sp³-hybridized carbons (Fsp3) is 0.438. The number of hydrogen-bond donors (Lipinski definition) is 2. The highest BCUT2D eigenvalue weighted by molar-refractivity contribution is 5.93. The van der Waals surface area contributed by atoms with Crippen LogP contribution in [-0.2, 0) is 4.79 Å². The quantitative estimate of drug-likeness (QED) is 0.839. The molecule has 1 aliphatic rings. The van der Waals surface area contributed by atoms with E-state index in [1.807, 2.05) is 0 Å². The zero-order valence-electron chi connectivity index (χ0n) is 13.2. The minimum absolute atomic E-state index is 0.0608. The van der Waals surface area contributed by atoms with Gasteiger partial charge in [0.25, 0.3) is 5.91 Å². The van der Waals surface area contributed by atoms with Gasteiger partial charge in [-0.1, -0.05) is 5.16 Å². The van der Waals surface area contributed by atoms with Crippen LogP contribution in [0.2, 0.25) is 0 Å². The van der Waals surface area contributed by atoms with Crippen LogP contribution in [0.15, 0.2) is 33.4 Å². The van der Waals surface area contributed by atoms with Crippen LogP contribution >= 0.6 is 0 Å². The molecule has 1 fully saturated rings. The second-order valence-electron chi connectivity index (χ2n) is 5.72. The summed E-state index contributed by atoms with van der Waals surface area (Å²) in [5.41, 5.74) is 5.61. The molecule has 2 aromatic heterocycles. The monoisotopic (exact) mass is 332 g/mol. The van der Waals surface area contributed by atoms with Crippen molar-refractivity contribution in [3.05, 3.63) is 30.2 Å². The molecular weight excluding hydrogens is 312 g/mol. The second-order valence-corrected chi connectivity index (χ2v) is 5.72. The van der Waals surface area contributed by atoms with Gasteiger partial charge in [0.2, 0.25) is 11.7 Å². The van der Waals surface area contributed by atoms with E-state index in [4.69, 9.17) is 14.7 Å². The van der Waals surface area contributed by atoms with Crippen molar-refractivity contribution in [2.24, 2.45) is 11.7 Å². The number of hydrogen-bond acceptors (Lipinski definition) is 6.